The summed E-state index contributed by atoms with van der Waals surface area (Å²) in [7, 11) is 0. The standard InChI is InChI=1S/C12H18ClN3O/c1-8(2)9-10(13)14-7-15-11(9)16-12(6-17)4-3-5-12/h7-8,17H,3-6H2,1-2H3,(H,14,15,16). The Balaban J connectivity index is 2.29. The summed E-state index contributed by atoms with van der Waals surface area (Å²) in [4.78, 5) is 8.27. The van der Waals surface area contributed by atoms with Gasteiger partial charge in [-0.05, 0) is 25.2 Å². The molecule has 2 rings (SSSR count). The highest BCUT2D eigenvalue weighted by atomic mass is 35.5. The summed E-state index contributed by atoms with van der Waals surface area (Å²) in [6, 6.07) is 0. The van der Waals surface area contributed by atoms with Gasteiger partial charge >= 0.3 is 0 Å². The van der Waals surface area contributed by atoms with E-state index in [4.69, 9.17) is 11.6 Å². The van der Waals surface area contributed by atoms with E-state index in [0.29, 0.717) is 5.15 Å². The highest BCUT2D eigenvalue weighted by Gasteiger charge is 2.37. The number of rotatable bonds is 4. The topological polar surface area (TPSA) is 58.0 Å². The SMILES string of the molecule is CC(C)c1c(Cl)ncnc1NC1(CO)CCC1. The Bertz CT molecular complexity index is 399. The predicted octanol–water partition coefficient (Wildman–Crippen LogP) is 2.58. The van der Waals surface area contributed by atoms with Crippen LogP contribution < -0.4 is 5.32 Å². The first-order valence-corrected chi connectivity index (χ1v) is 6.35. The van der Waals surface area contributed by atoms with Crippen molar-refractivity contribution in [1.29, 1.82) is 0 Å². The molecule has 0 amide bonds. The monoisotopic (exact) mass is 255 g/mol. The molecular formula is C12H18ClN3O. The van der Waals surface area contributed by atoms with Crippen LogP contribution in [-0.2, 0) is 0 Å². The lowest BCUT2D eigenvalue weighted by atomic mass is 9.77. The number of hydrogen-bond acceptors (Lipinski definition) is 4. The minimum Gasteiger partial charge on any atom is -0.394 e. The largest absolute Gasteiger partial charge is 0.394 e. The van der Waals surface area contributed by atoms with Crippen molar-refractivity contribution in [2.24, 2.45) is 0 Å². The van der Waals surface area contributed by atoms with E-state index in [1.165, 1.54) is 6.33 Å². The molecule has 1 aromatic heterocycles. The average molecular weight is 256 g/mol. The summed E-state index contributed by atoms with van der Waals surface area (Å²) in [5.74, 6) is 1.01. The van der Waals surface area contributed by atoms with Crippen LogP contribution >= 0.6 is 11.6 Å². The van der Waals surface area contributed by atoms with Crippen molar-refractivity contribution >= 4 is 17.4 Å². The molecule has 0 bridgehead atoms. The van der Waals surface area contributed by atoms with Gasteiger partial charge in [-0.2, -0.15) is 0 Å². The van der Waals surface area contributed by atoms with E-state index in [0.717, 1.165) is 30.6 Å². The molecule has 0 radical (unpaired) electrons. The fraction of sp³-hybridized carbons (Fsp3) is 0.667. The zero-order valence-corrected chi connectivity index (χ0v) is 11.0. The van der Waals surface area contributed by atoms with E-state index in [-0.39, 0.29) is 18.1 Å². The van der Waals surface area contributed by atoms with Crippen LogP contribution in [0.1, 0.15) is 44.6 Å². The molecule has 0 aliphatic heterocycles. The number of nitrogens with zero attached hydrogens (tertiary/aromatic N) is 2. The number of nitrogens with one attached hydrogen (secondary N) is 1. The first-order valence-electron chi connectivity index (χ1n) is 5.97. The van der Waals surface area contributed by atoms with Crippen LogP contribution in [0, 0.1) is 0 Å². The van der Waals surface area contributed by atoms with E-state index >= 15 is 0 Å². The van der Waals surface area contributed by atoms with E-state index in [9.17, 15) is 5.11 Å². The van der Waals surface area contributed by atoms with E-state index < -0.39 is 0 Å². The highest BCUT2D eigenvalue weighted by molar-refractivity contribution is 6.30. The molecule has 4 nitrogen and oxygen atoms in total. The van der Waals surface area contributed by atoms with Crippen molar-refractivity contribution in [3.8, 4) is 0 Å². The van der Waals surface area contributed by atoms with Gasteiger partial charge in [0.05, 0.1) is 12.1 Å². The first kappa shape index (κ1) is 12.6. The third kappa shape index (κ3) is 2.38. The lowest BCUT2D eigenvalue weighted by Gasteiger charge is -2.42. The van der Waals surface area contributed by atoms with Gasteiger partial charge in [0.15, 0.2) is 0 Å². The van der Waals surface area contributed by atoms with Crippen molar-refractivity contribution in [2.75, 3.05) is 11.9 Å². The Morgan fingerprint density at radius 1 is 1.47 bits per heavy atom. The molecule has 0 spiro atoms. The van der Waals surface area contributed by atoms with Crippen molar-refractivity contribution in [3.63, 3.8) is 0 Å². The van der Waals surface area contributed by atoms with Crippen LogP contribution in [-0.4, -0.2) is 27.2 Å². The second kappa shape index (κ2) is 4.78. The van der Waals surface area contributed by atoms with Gasteiger partial charge in [-0.25, -0.2) is 9.97 Å². The second-order valence-corrected chi connectivity index (χ2v) is 5.36. The number of hydrogen-bond donors (Lipinski definition) is 2. The minimum atomic E-state index is -0.207. The Hall–Kier alpha value is -0.870. The molecule has 1 fully saturated rings. The highest BCUT2D eigenvalue weighted by Crippen LogP contribution is 2.37. The van der Waals surface area contributed by atoms with Gasteiger partial charge in [-0.15, -0.1) is 0 Å². The lowest BCUT2D eigenvalue weighted by molar-refractivity contribution is 0.143. The zero-order valence-electron chi connectivity index (χ0n) is 10.2. The van der Waals surface area contributed by atoms with Crippen molar-refractivity contribution in [3.05, 3.63) is 17.0 Å². The van der Waals surface area contributed by atoms with Crippen LogP contribution in [0.2, 0.25) is 5.15 Å². The number of aliphatic hydroxyl groups excluding tert-OH is 1. The molecule has 1 saturated carbocycles. The van der Waals surface area contributed by atoms with Crippen LogP contribution in [0.5, 0.6) is 0 Å². The minimum absolute atomic E-state index is 0.131. The third-order valence-corrected chi connectivity index (χ3v) is 3.71. The molecule has 0 atom stereocenters. The zero-order chi connectivity index (χ0) is 12.5. The molecule has 1 heterocycles. The van der Waals surface area contributed by atoms with Crippen molar-refractivity contribution in [2.45, 2.75) is 44.6 Å². The molecule has 0 unspecified atom stereocenters. The summed E-state index contributed by atoms with van der Waals surface area (Å²) >= 11 is 6.10. The van der Waals surface area contributed by atoms with Gasteiger partial charge in [0.1, 0.15) is 17.3 Å². The quantitative estimate of drug-likeness (QED) is 0.812. The molecule has 2 N–H and O–H groups in total. The number of aliphatic hydroxyl groups is 1. The van der Waals surface area contributed by atoms with Crippen LogP contribution in [0.15, 0.2) is 6.33 Å². The fourth-order valence-corrected chi connectivity index (χ4v) is 2.51. The van der Waals surface area contributed by atoms with Crippen LogP contribution in [0.25, 0.3) is 0 Å². The number of aromatic nitrogens is 2. The third-order valence-electron chi connectivity index (χ3n) is 3.41. The van der Waals surface area contributed by atoms with E-state index in [1.54, 1.807) is 0 Å². The maximum atomic E-state index is 9.46. The Morgan fingerprint density at radius 3 is 2.65 bits per heavy atom. The lowest BCUT2D eigenvalue weighted by Crippen LogP contribution is -2.48. The molecule has 94 valence electrons. The van der Waals surface area contributed by atoms with Gasteiger partial charge in [0.2, 0.25) is 0 Å². The molecule has 1 aromatic rings. The van der Waals surface area contributed by atoms with Gasteiger partial charge in [0, 0.05) is 5.56 Å². The maximum Gasteiger partial charge on any atom is 0.138 e. The van der Waals surface area contributed by atoms with Gasteiger partial charge in [-0.3, -0.25) is 0 Å². The Kier molecular flexibility index (Phi) is 3.54. The maximum absolute atomic E-state index is 9.46. The average Bonchev–Trinajstić information content (AvgIpc) is 2.23. The van der Waals surface area contributed by atoms with E-state index in [1.807, 2.05) is 0 Å². The summed E-state index contributed by atoms with van der Waals surface area (Å²) in [6.45, 7) is 4.25. The Labute approximate surface area is 106 Å². The molecular weight excluding hydrogens is 238 g/mol. The van der Waals surface area contributed by atoms with Gasteiger partial charge in [-0.1, -0.05) is 25.4 Å². The molecule has 1 aliphatic rings. The molecule has 5 heteroatoms. The Morgan fingerprint density at radius 2 is 2.18 bits per heavy atom. The second-order valence-electron chi connectivity index (χ2n) is 5.00. The smallest absolute Gasteiger partial charge is 0.138 e. The number of anilines is 1. The summed E-state index contributed by atoms with van der Waals surface area (Å²) in [6.07, 6.45) is 4.55. The summed E-state index contributed by atoms with van der Waals surface area (Å²) in [5, 5.41) is 13.3. The number of halogens is 1. The fourth-order valence-electron chi connectivity index (χ4n) is 2.16. The predicted molar refractivity (Wildman–Crippen MR) is 68.4 cm³/mol. The molecule has 0 saturated heterocycles. The molecule has 0 aromatic carbocycles. The van der Waals surface area contributed by atoms with Gasteiger partial charge in [0.25, 0.3) is 0 Å². The summed E-state index contributed by atoms with van der Waals surface area (Å²) < 4.78 is 0. The molecule has 17 heavy (non-hydrogen) atoms. The summed E-state index contributed by atoms with van der Waals surface area (Å²) in [5.41, 5.74) is 0.718. The van der Waals surface area contributed by atoms with Crippen molar-refractivity contribution in [1.82, 2.24) is 9.97 Å². The van der Waals surface area contributed by atoms with Crippen LogP contribution in [0.4, 0.5) is 5.82 Å². The molecule has 1 aliphatic carbocycles. The van der Waals surface area contributed by atoms with Gasteiger partial charge < -0.3 is 10.4 Å². The normalized spacial score (nSPS) is 17.9. The van der Waals surface area contributed by atoms with E-state index in [2.05, 4.69) is 29.1 Å². The first-order chi connectivity index (χ1) is 8.08. The van der Waals surface area contributed by atoms with Crippen LogP contribution in [0.3, 0.4) is 0 Å². The van der Waals surface area contributed by atoms with Crippen molar-refractivity contribution < 1.29 is 5.11 Å².